The number of ether oxygens (including phenoxy) is 1. The first-order valence-corrected chi connectivity index (χ1v) is 5.78. The van der Waals surface area contributed by atoms with Crippen LogP contribution in [-0.4, -0.2) is 25.6 Å². The summed E-state index contributed by atoms with van der Waals surface area (Å²) in [4.78, 5) is 11.3. The summed E-state index contributed by atoms with van der Waals surface area (Å²) >= 11 is 6.03. The number of aryl methyl sites for hydroxylation is 2. The standard InChI is InChI=1S/C12H17ClN2O2.ClH/c1-8-5-10(6-9(2)12(8)13)17-7-11(16)15-4-3-14;/h5-6H,3-4,7,14H2,1-2H3,(H,15,16);1H. The summed E-state index contributed by atoms with van der Waals surface area (Å²) in [5, 5.41) is 3.35. The maximum atomic E-state index is 11.3. The zero-order chi connectivity index (χ0) is 12.8. The summed E-state index contributed by atoms with van der Waals surface area (Å²) in [6, 6.07) is 3.62. The summed E-state index contributed by atoms with van der Waals surface area (Å²) < 4.78 is 5.37. The van der Waals surface area contributed by atoms with Crippen molar-refractivity contribution < 1.29 is 9.53 Å². The van der Waals surface area contributed by atoms with E-state index < -0.39 is 0 Å². The molecule has 1 aromatic rings. The van der Waals surface area contributed by atoms with Crippen LogP contribution >= 0.6 is 24.0 Å². The molecule has 1 amide bonds. The molecule has 0 fully saturated rings. The summed E-state index contributed by atoms with van der Waals surface area (Å²) in [5.41, 5.74) is 7.14. The largest absolute Gasteiger partial charge is 0.484 e. The number of carbonyl (C=O) groups is 1. The molecule has 3 N–H and O–H groups in total. The van der Waals surface area contributed by atoms with Gasteiger partial charge in [0.15, 0.2) is 6.61 Å². The molecular formula is C12H18Cl2N2O2. The van der Waals surface area contributed by atoms with Crippen LogP contribution in [0.25, 0.3) is 0 Å². The lowest BCUT2D eigenvalue weighted by Gasteiger charge is -2.10. The zero-order valence-electron chi connectivity index (χ0n) is 10.5. The van der Waals surface area contributed by atoms with Gasteiger partial charge in [0.2, 0.25) is 0 Å². The van der Waals surface area contributed by atoms with E-state index in [1.807, 2.05) is 26.0 Å². The van der Waals surface area contributed by atoms with Gasteiger partial charge in [-0.2, -0.15) is 0 Å². The molecule has 0 aliphatic rings. The number of carbonyl (C=O) groups excluding carboxylic acids is 1. The Labute approximate surface area is 118 Å². The molecule has 18 heavy (non-hydrogen) atoms. The van der Waals surface area contributed by atoms with E-state index in [2.05, 4.69) is 5.32 Å². The third-order valence-electron chi connectivity index (χ3n) is 2.25. The number of rotatable bonds is 5. The maximum absolute atomic E-state index is 11.3. The average Bonchev–Trinajstić information content (AvgIpc) is 2.30. The summed E-state index contributed by atoms with van der Waals surface area (Å²) in [5.74, 6) is 0.466. The van der Waals surface area contributed by atoms with Gasteiger partial charge in [0.1, 0.15) is 5.75 Å². The van der Waals surface area contributed by atoms with Crippen LogP contribution in [0.15, 0.2) is 12.1 Å². The average molecular weight is 293 g/mol. The fraction of sp³-hybridized carbons (Fsp3) is 0.417. The van der Waals surface area contributed by atoms with Crippen molar-refractivity contribution >= 4 is 29.9 Å². The Morgan fingerprint density at radius 1 is 1.39 bits per heavy atom. The van der Waals surface area contributed by atoms with Crippen LogP contribution in [0, 0.1) is 13.8 Å². The minimum atomic E-state index is -0.180. The van der Waals surface area contributed by atoms with Crippen LogP contribution in [0.1, 0.15) is 11.1 Å². The van der Waals surface area contributed by atoms with Gasteiger partial charge in [0, 0.05) is 18.1 Å². The Hall–Kier alpha value is -0.970. The second kappa shape index (κ2) is 8.19. The van der Waals surface area contributed by atoms with Gasteiger partial charge in [0.05, 0.1) is 0 Å². The van der Waals surface area contributed by atoms with Crippen molar-refractivity contribution in [3.8, 4) is 5.75 Å². The van der Waals surface area contributed by atoms with Crippen molar-refractivity contribution in [3.05, 3.63) is 28.3 Å². The first-order chi connectivity index (χ1) is 8.04. The maximum Gasteiger partial charge on any atom is 0.257 e. The molecule has 0 atom stereocenters. The molecule has 0 aromatic heterocycles. The fourth-order valence-corrected chi connectivity index (χ4v) is 1.51. The summed E-state index contributed by atoms with van der Waals surface area (Å²) in [6.07, 6.45) is 0. The highest BCUT2D eigenvalue weighted by Gasteiger charge is 2.05. The predicted molar refractivity (Wildman–Crippen MR) is 75.7 cm³/mol. The molecule has 0 unspecified atom stereocenters. The van der Waals surface area contributed by atoms with Crippen molar-refractivity contribution in [1.82, 2.24) is 5.32 Å². The SMILES string of the molecule is Cc1cc(OCC(=O)NCCN)cc(C)c1Cl.Cl. The van der Waals surface area contributed by atoms with Gasteiger partial charge < -0.3 is 15.8 Å². The van der Waals surface area contributed by atoms with E-state index in [-0.39, 0.29) is 24.9 Å². The first-order valence-electron chi connectivity index (χ1n) is 5.41. The summed E-state index contributed by atoms with van der Waals surface area (Å²) in [7, 11) is 0. The zero-order valence-corrected chi connectivity index (χ0v) is 12.0. The molecular weight excluding hydrogens is 275 g/mol. The Bertz CT molecular complexity index is 388. The monoisotopic (exact) mass is 292 g/mol. The molecule has 0 bridgehead atoms. The van der Waals surface area contributed by atoms with Crippen molar-refractivity contribution in [2.75, 3.05) is 19.7 Å². The third kappa shape index (κ3) is 5.12. The van der Waals surface area contributed by atoms with Crippen LogP contribution in [-0.2, 0) is 4.79 Å². The number of nitrogens with two attached hydrogens (primary N) is 1. The number of amides is 1. The van der Waals surface area contributed by atoms with E-state index in [0.29, 0.717) is 18.8 Å². The van der Waals surface area contributed by atoms with Crippen LogP contribution in [0.4, 0.5) is 0 Å². The highest BCUT2D eigenvalue weighted by molar-refractivity contribution is 6.32. The minimum absolute atomic E-state index is 0. The van der Waals surface area contributed by atoms with Crippen molar-refractivity contribution in [3.63, 3.8) is 0 Å². The van der Waals surface area contributed by atoms with Crippen LogP contribution in [0.2, 0.25) is 5.02 Å². The number of halogens is 2. The van der Waals surface area contributed by atoms with E-state index in [9.17, 15) is 4.79 Å². The molecule has 0 aliphatic heterocycles. The van der Waals surface area contributed by atoms with Crippen molar-refractivity contribution in [2.45, 2.75) is 13.8 Å². The van der Waals surface area contributed by atoms with Gasteiger partial charge in [-0.25, -0.2) is 0 Å². The Balaban J connectivity index is 0.00000289. The molecule has 6 heteroatoms. The summed E-state index contributed by atoms with van der Waals surface area (Å²) in [6.45, 7) is 4.67. The van der Waals surface area contributed by atoms with Crippen LogP contribution in [0.5, 0.6) is 5.75 Å². The Kier molecular flexibility index (Phi) is 7.75. The van der Waals surface area contributed by atoms with Crippen LogP contribution < -0.4 is 15.8 Å². The molecule has 4 nitrogen and oxygen atoms in total. The number of benzene rings is 1. The topological polar surface area (TPSA) is 64.3 Å². The lowest BCUT2D eigenvalue weighted by molar-refractivity contribution is -0.123. The highest BCUT2D eigenvalue weighted by atomic mass is 35.5. The lowest BCUT2D eigenvalue weighted by atomic mass is 10.1. The predicted octanol–water partition coefficient (Wildman–Crippen LogP) is 1.83. The van der Waals surface area contributed by atoms with E-state index >= 15 is 0 Å². The number of nitrogens with one attached hydrogen (secondary N) is 1. The van der Waals surface area contributed by atoms with Gasteiger partial charge >= 0.3 is 0 Å². The van der Waals surface area contributed by atoms with Crippen molar-refractivity contribution in [1.29, 1.82) is 0 Å². The Morgan fingerprint density at radius 3 is 2.44 bits per heavy atom. The fourth-order valence-electron chi connectivity index (χ4n) is 1.40. The molecule has 1 aromatic carbocycles. The quantitative estimate of drug-likeness (QED) is 0.870. The van der Waals surface area contributed by atoms with Crippen molar-refractivity contribution in [2.24, 2.45) is 5.73 Å². The van der Waals surface area contributed by atoms with Gasteiger partial charge in [0.25, 0.3) is 5.91 Å². The van der Waals surface area contributed by atoms with Gasteiger partial charge in [-0.05, 0) is 37.1 Å². The first kappa shape index (κ1) is 17.0. The molecule has 0 saturated carbocycles. The van der Waals surface area contributed by atoms with E-state index in [1.165, 1.54) is 0 Å². The van der Waals surface area contributed by atoms with E-state index in [1.54, 1.807) is 0 Å². The van der Waals surface area contributed by atoms with Gasteiger partial charge in [-0.3, -0.25) is 4.79 Å². The minimum Gasteiger partial charge on any atom is -0.484 e. The lowest BCUT2D eigenvalue weighted by Crippen LogP contribution is -2.32. The van der Waals surface area contributed by atoms with E-state index in [4.69, 9.17) is 22.1 Å². The molecule has 0 saturated heterocycles. The third-order valence-corrected chi connectivity index (χ3v) is 2.84. The molecule has 1 rings (SSSR count). The molecule has 0 heterocycles. The highest BCUT2D eigenvalue weighted by Crippen LogP contribution is 2.25. The molecule has 102 valence electrons. The van der Waals surface area contributed by atoms with E-state index in [0.717, 1.165) is 16.1 Å². The smallest absolute Gasteiger partial charge is 0.257 e. The van der Waals surface area contributed by atoms with Crippen LogP contribution in [0.3, 0.4) is 0 Å². The second-order valence-corrected chi connectivity index (χ2v) is 4.18. The van der Waals surface area contributed by atoms with Gasteiger partial charge in [-0.15, -0.1) is 12.4 Å². The number of hydrogen-bond acceptors (Lipinski definition) is 3. The molecule has 0 aliphatic carbocycles. The number of hydrogen-bond donors (Lipinski definition) is 2. The Morgan fingerprint density at radius 2 is 1.94 bits per heavy atom. The molecule has 0 spiro atoms. The molecule has 0 radical (unpaired) electrons. The van der Waals surface area contributed by atoms with Gasteiger partial charge in [-0.1, -0.05) is 11.6 Å². The second-order valence-electron chi connectivity index (χ2n) is 3.80. The normalized spacial score (nSPS) is 9.56.